The molecule has 1 N–H and O–H groups in total. The van der Waals surface area contributed by atoms with Crippen molar-refractivity contribution in [3.63, 3.8) is 0 Å². The maximum atomic E-state index is 15.1. The average molecular weight is 435 g/mol. The molecule has 0 unspecified atom stereocenters. The van der Waals surface area contributed by atoms with Crippen molar-refractivity contribution < 1.29 is 9.50 Å². The van der Waals surface area contributed by atoms with E-state index in [1.807, 2.05) is 0 Å². The summed E-state index contributed by atoms with van der Waals surface area (Å²) in [7, 11) is 0. The van der Waals surface area contributed by atoms with E-state index in [9.17, 15) is 5.11 Å². The number of hydrogen-bond acceptors (Lipinski definition) is 1. The van der Waals surface area contributed by atoms with Crippen LogP contribution in [0.3, 0.4) is 0 Å². The molecule has 0 aromatic rings. The Balaban J connectivity index is 1.52. The summed E-state index contributed by atoms with van der Waals surface area (Å²) in [6.45, 7) is 16.6. The number of hydrogen-bond donors (Lipinski definition) is 1. The van der Waals surface area contributed by atoms with Gasteiger partial charge in [0.25, 0.3) is 0 Å². The molecule has 4 fully saturated rings. The molecular formula is C29H51FO. The molecule has 4 aliphatic carbocycles. The standard InChI is InChI=1S/C29H51FO/c1-18(2)9-8-10-19(3)21-12-13-22-20-11-14-25-27(4,5)26(31)24(30)17-29(25,7)23(20)15-16-28(21,22)6/h18-26,31H,8-17H2,1-7H3/t19-,20+,21-,22+,23+,24+,25+,26+,28-,29-/m1/s1. The second-order valence-electron chi connectivity index (χ2n) is 14.0. The van der Waals surface area contributed by atoms with Gasteiger partial charge in [0.05, 0.1) is 6.10 Å². The van der Waals surface area contributed by atoms with Gasteiger partial charge in [0.1, 0.15) is 6.17 Å². The molecule has 4 aliphatic rings. The summed E-state index contributed by atoms with van der Waals surface area (Å²) in [6.07, 6.45) is 10.9. The number of rotatable bonds is 5. The maximum Gasteiger partial charge on any atom is 0.127 e. The first-order valence-electron chi connectivity index (χ1n) is 13.7. The zero-order chi connectivity index (χ0) is 22.8. The molecule has 0 aromatic heterocycles. The highest BCUT2D eigenvalue weighted by Crippen LogP contribution is 2.70. The summed E-state index contributed by atoms with van der Waals surface area (Å²) < 4.78 is 15.1. The van der Waals surface area contributed by atoms with Gasteiger partial charge in [-0.15, -0.1) is 0 Å². The van der Waals surface area contributed by atoms with Crippen LogP contribution in [0.5, 0.6) is 0 Å². The van der Waals surface area contributed by atoms with Crippen molar-refractivity contribution in [2.45, 2.75) is 125 Å². The van der Waals surface area contributed by atoms with Crippen LogP contribution in [0, 0.1) is 57.7 Å². The molecule has 0 radical (unpaired) electrons. The molecule has 4 rings (SSSR count). The Morgan fingerprint density at radius 3 is 2.23 bits per heavy atom. The topological polar surface area (TPSA) is 20.2 Å². The fraction of sp³-hybridized carbons (Fsp3) is 1.00. The lowest BCUT2D eigenvalue weighted by atomic mass is 9.40. The van der Waals surface area contributed by atoms with E-state index in [4.69, 9.17) is 0 Å². The van der Waals surface area contributed by atoms with Gasteiger partial charge in [0.2, 0.25) is 0 Å². The van der Waals surface area contributed by atoms with E-state index in [0.29, 0.717) is 23.7 Å². The molecule has 1 nitrogen and oxygen atoms in total. The predicted octanol–water partition coefficient (Wildman–Crippen LogP) is 8.05. The third kappa shape index (κ3) is 3.74. The summed E-state index contributed by atoms with van der Waals surface area (Å²) >= 11 is 0. The molecule has 0 saturated heterocycles. The van der Waals surface area contributed by atoms with Crippen LogP contribution in [0.4, 0.5) is 4.39 Å². The molecule has 31 heavy (non-hydrogen) atoms. The largest absolute Gasteiger partial charge is 0.390 e. The first-order valence-corrected chi connectivity index (χ1v) is 13.7. The number of halogens is 1. The molecule has 0 bridgehead atoms. The SMILES string of the molecule is CC(C)CCC[C@@H](C)[C@H]1CC[C@H]2[C@@H]3CC[C@H]4C(C)(C)[C@@H](O)[C@@H](F)C[C@]4(C)[C@H]3CC[C@]12C. The van der Waals surface area contributed by atoms with Gasteiger partial charge in [-0.1, -0.05) is 67.7 Å². The Morgan fingerprint density at radius 2 is 1.55 bits per heavy atom. The van der Waals surface area contributed by atoms with E-state index in [2.05, 4.69) is 48.5 Å². The van der Waals surface area contributed by atoms with E-state index in [0.717, 1.165) is 29.6 Å². The van der Waals surface area contributed by atoms with Gasteiger partial charge >= 0.3 is 0 Å². The van der Waals surface area contributed by atoms with Gasteiger partial charge in [-0.25, -0.2) is 4.39 Å². The van der Waals surface area contributed by atoms with Crippen LogP contribution >= 0.6 is 0 Å². The van der Waals surface area contributed by atoms with E-state index < -0.39 is 12.3 Å². The maximum absolute atomic E-state index is 15.1. The molecule has 10 atom stereocenters. The van der Waals surface area contributed by atoms with Crippen molar-refractivity contribution >= 4 is 0 Å². The van der Waals surface area contributed by atoms with Gasteiger partial charge in [-0.05, 0) is 103 Å². The number of aliphatic hydroxyl groups is 1. The monoisotopic (exact) mass is 434 g/mol. The first-order chi connectivity index (χ1) is 14.4. The van der Waals surface area contributed by atoms with E-state index >= 15 is 4.39 Å². The van der Waals surface area contributed by atoms with Crippen molar-refractivity contribution in [2.24, 2.45) is 57.7 Å². The van der Waals surface area contributed by atoms with E-state index in [-0.39, 0.29) is 10.8 Å². The lowest BCUT2D eigenvalue weighted by molar-refractivity contribution is -0.201. The summed E-state index contributed by atoms with van der Waals surface area (Å²) in [6, 6.07) is 0. The van der Waals surface area contributed by atoms with Crippen LogP contribution in [0.2, 0.25) is 0 Å². The fourth-order valence-electron chi connectivity index (χ4n) is 10.2. The minimum absolute atomic E-state index is 0.0629. The Labute approximate surface area is 192 Å². The molecule has 2 heteroatoms. The van der Waals surface area contributed by atoms with Gasteiger partial charge in [-0.2, -0.15) is 0 Å². The Kier molecular flexibility index (Phi) is 6.42. The fourth-order valence-corrected chi connectivity index (χ4v) is 10.2. The molecule has 0 spiro atoms. The van der Waals surface area contributed by atoms with Gasteiger partial charge in [0.15, 0.2) is 0 Å². The van der Waals surface area contributed by atoms with Crippen molar-refractivity contribution in [2.75, 3.05) is 0 Å². The molecule has 0 aliphatic heterocycles. The van der Waals surface area contributed by atoms with Crippen LogP contribution in [-0.2, 0) is 0 Å². The highest BCUT2D eigenvalue weighted by atomic mass is 19.1. The van der Waals surface area contributed by atoms with E-state index in [1.54, 1.807) is 0 Å². The van der Waals surface area contributed by atoms with Crippen LogP contribution in [0.1, 0.15) is 113 Å². The highest BCUT2D eigenvalue weighted by molar-refractivity contribution is 5.13. The molecule has 0 aromatic carbocycles. The number of fused-ring (bicyclic) bond motifs is 5. The number of aliphatic hydroxyl groups excluding tert-OH is 1. The second-order valence-corrected chi connectivity index (χ2v) is 14.0. The Morgan fingerprint density at radius 1 is 0.871 bits per heavy atom. The predicted molar refractivity (Wildman–Crippen MR) is 129 cm³/mol. The molecular weight excluding hydrogens is 383 g/mol. The molecule has 180 valence electrons. The third-order valence-corrected chi connectivity index (χ3v) is 11.7. The summed E-state index contributed by atoms with van der Waals surface area (Å²) in [4.78, 5) is 0. The summed E-state index contributed by atoms with van der Waals surface area (Å²) in [5.74, 6) is 5.29. The normalized spacial score (nSPS) is 49.9. The first kappa shape index (κ1) is 24.0. The zero-order valence-corrected chi connectivity index (χ0v) is 21.6. The zero-order valence-electron chi connectivity index (χ0n) is 21.6. The van der Waals surface area contributed by atoms with Crippen molar-refractivity contribution in [1.82, 2.24) is 0 Å². The molecule has 4 saturated carbocycles. The second kappa shape index (κ2) is 8.28. The molecule has 0 amide bonds. The summed E-state index contributed by atoms with van der Waals surface area (Å²) in [5.41, 5.74) is 0.259. The average Bonchev–Trinajstić information content (AvgIpc) is 3.03. The van der Waals surface area contributed by atoms with Crippen LogP contribution < -0.4 is 0 Å². The lowest BCUT2D eigenvalue weighted by Crippen LogP contribution is -2.62. The number of alkyl halides is 1. The summed E-state index contributed by atoms with van der Waals surface area (Å²) in [5, 5.41) is 10.7. The van der Waals surface area contributed by atoms with Crippen LogP contribution in [0.15, 0.2) is 0 Å². The minimum Gasteiger partial charge on any atom is -0.390 e. The van der Waals surface area contributed by atoms with Crippen LogP contribution in [-0.4, -0.2) is 17.4 Å². The lowest BCUT2D eigenvalue weighted by Gasteiger charge is -2.65. The van der Waals surface area contributed by atoms with Crippen LogP contribution in [0.25, 0.3) is 0 Å². The quantitative estimate of drug-likeness (QED) is 0.464. The van der Waals surface area contributed by atoms with E-state index in [1.165, 1.54) is 57.8 Å². The van der Waals surface area contributed by atoms with Gasteiger partial charge in [-0.3, -0.25) is 0 Å². The third-order valence-electron chi connectivity index (χ3n) is 11.7. The van der Waals surface area contributed by atoms with Crippen molar-refractivity contribution in [3.8, 4) is 0 Å². The Hall–Kier alpha value is -0.110. The molecule has 0 heterocycles. The smallest absolute Gasteiger partial charge is 0.127 e. The van der Waals surface area contributed by atoms with Crippen molar-refractivity contribution in [1.29, 1.82) is 0 Å². The van der Waals surface area contributed by atoms with Gasteiger partial charge < -0.3 is 5.11 Å². The van der Waals surface area contributed by atoms with Gasteiger partial charge in [0, 0.05) is 0 Å². The van der Waals surface area contributed by atoms with Crippen molar-refractivity contribution in [3.05, 3.63) is 0 Å². The highest BCUT2D eigenvalue weighted by Gasteiger charge is 2.65. The Bertz CT molecular complexity index is 643. The minimum atomic E-state index is -1.05.